The number of aliphatic hydroxyl groups excluding tert-OH is 6. The van der Waals surface area contributed by atoms with E-state index < -0.39 is 55.8 Å². The van der Waals surface area contributed by atoms with Crippen molar-refractivity contribution in [1.29, 1.82) is 0 Å². The van der Waals surface area contributed by atoms with E-state index in [0.29, 0.717) is 0 Å². The second-order valence-corrected chi connectivity index (χ2v) is 4.73. The Morgan fingerprint density at radius 3 is 2.05 bits per heavy atom. The Balaban J connectivity index is -0.00000108. The van der Waals surface area contributed by atoms with E-state index >= 15 is 0 Å². The molecule has 9 heteroatoms. The third kappa shape index (κ3) is 4.20. The van der Waals surface area contributed by atoms with Crippen molar-refractivity contribution in [3.63, 3.8) is 0 Å². The van der Waals surface area contributed by atoms with Crippen molar-refractivity contribution in [2.24, 2.45) is 0 Å². The van der Waals surface area contributed by atoms with E-state index in [9.17, 15) is 20.4 Å². The first-order valence-corrected chi connectivity index (χ1v) is 5.74. The average molecular weight is 294 g/mol. The Morgan fingerprint density at radius 2 is 1.63 bits per heavy atom. The Kier molecular flexibility index (Phi) is 8.22. The predicted octanol–water partition coefficient (Wildman–Crippen LogP) is -4.65. The van der Waals surface area contributed by atoms with E-state index in [4.69, 9.17) is 15.3 Å². The molecule has 112 valence electrons. The second-order valence-electron chi connectivity index (χ2n) is 4.73. The van der Waals surface area contributed by atoms with E-state index in [0.717, 1.165) is 0 Å². The van der Waals surface area contributed by atoms with E-state index in [1.165, 1.54) is 0 Å². The van der Waals surface area contributed by atoms with Gasteiger partial charge in [0, 0.05) is 6.04 Å². The van der Waals surface area contributed by atoms with Gasteiger partial charge in [-0.25, -0.2) is 0 Å². The molecule has 0 aromatic heterocycles. The maximum atomic E-state index is 9.93. The van der Waals surface area contributed by atoms with Gasteiger partial charge in [-0.05, 0) is 6.42 Å². The topological polar surface area (TPSA) is 154 Å². The summed E-state index contributed by atoms with van der Waals surface area (Å²) in [6, 6.07) is -1.60. The van der Waals surface area contributed by atoms with Crippen molar-refractivity contribution >= 4 is 23.1 Å². The molecule has 0 aromatic rings. The van der Waals surface area contributed by atoms with Crippen LogP contribution in [0.15, 0.2) is 0 Å². The molecule has 5 atom stereocenters. The summed E-state index contributed by atoms with van der Waals surface area (Å²) in [5.41, 5.74) is -1.94. The molecule has 1 fully saturated rings. The SMILES string of the molecule is OCC(CO)N[C@H]1C[C@](O)(CO)[C@@H](O)[C@H](O)[C@H]1O.[H-].[H-].[Mg+2]. The summed E-state index contributed by atoms with van der Waals surface area (Å²) < 4.78 is 0. The molecule has 8 N–H and O–H groups in total. The Hall–Kier alpha value is 0.446. The van der Waals surface area contributed by atoms with Crippen molar-refractivity contribution < 1.29 is 38.6 Å². The standard InChI is InChI=1S/C10H21NO7.Mg.2H/c12-2-5(3-13)11-6-1-10(18,4-14)9(17)8(16)7(6)15;;;/h5-9,11-18H,1-4H2;;;/q;+2;2*-1/t6-,7-,8+,9-,10-;;;/m0.../s1. The van der Waals surface area contributed by atoms with Crippen LogP contribution >= 0.6 is 0 Å². The Labute approximate surface area is 129 Å². The molecule has 0 spiro atoms. The van der Waals surface area contributed by atoms with E-state index in [1.807, 2.05) is 0 Å². The fourth-order valence-corrected chi connectivity index (χ4v) is 2.15. The number of hydrogen-bond donors (Lipinski definition) is 8. The normalized spacial score (nSPS) is 39.2. The van der Waals surface area contributed by atoms with E-state index in [1.54, 1.807) is 0 Å². The Bertz CT molecular complexity index is 278. The zero-order valence-corrected chi connectivity index (χ0v) is 12.0. The minimum absolute atomic E-state index is 0. The van der Waals surface area contributed by atoms with Crippen molar-refractivity contribution in [3.05, 3.63) is 0 Å². The molecule has 1 saturated carbocycles. The van der Waals surface area contributed by atoms with Crippen LogP contribution in [-0.4, -0.2) is 115 Å². The van der Waals surface area contributed by atoms with Crippen molar-refractivity contribution in [2.75, 3.05) is 19.8 Å². The molecule has 0 bridgehead atoms. The average Bonchev–Trinajstić information content (AvgIpc) is 2.39. The zero-order valence-electron chi connectivity index (χ0n) is 12.6. The van der Waals surface area contributed by atoms with Gasteiger partial charge in [0.25, 0.3) is 0 Å². The van der Waals surface area contributed by atoms with E-state index in [2.05, 4.69) is 5.32 Å². The first-order chi connectivity index (χ1) is 8.39. The first kappa shape index (κ1) is 19.4. The maximum Gasteiger partial charge on any atom is 2.00 e. The molecule has 0 radical (unpaired) electrons. The van der Waals surface area contributed by atoms with Gasteiger partial charge in [0.05, 0.1) is 32.0 Å². The number of aliphatic hydroxyl groups is 7. The van der Waals surface area contributed by atoms with Gasteiger partial charge in [-0.2, -0.15) is 0 Å². The summed E-state index contributed by atoms with van der Waals surface area (Å²) in [4.78, 5) is 0. The summed E-state index contributed by atoms with van der Waals surface area (Å²) >= 11 is 0. The van der Waals surface area contributed by atoms with Gasteiger partial charge in [0.2, 0.25) is 0 Å². The van der Waals surface area contributed by atoms with Crippen LogP contribution in [0.3, 0.4) is 0 Å². The predicted molar refractivity (Wildman–Crippen MR) is 67.5 cm³/mol. The summed E-state index contributed by atoms with van der Waals surface area (Å²) in [7, 11) is 0. The molecule has 0 aromatic carbocycles. The van der Waals surface area contributed by atoms with Crippen LogP contribution in [0, 0.1) is 0 Å². The number of hydrogen-bond acceptors (Lipinski definition) is 8. The van der Waals surface area contributed by atoms with Crippen LogP contribution in [0.25, 0.3) is 0 Å². The van der Waals surface area contributed by atoms with Gasteiger partial charge >= 0.3 is 23.1 Å². The summed E-state index contributed by atoms with van der Waals surface area (Å²) in [6.07, 6.45) is -4.91. The zero-order chi connectivity index (χ0) is 13.9. The molecular formula is C10H23MgNO7. The van der Waals surface area contributed by atoms with Crippen LogP contribution in [0.4, 0.5) is 0 Å². The third-order valence-electron chi connectivity index (χ3n) is 3.37. The summed E-state index contributed by atoms with van der Waals surface area (Å²) in [6.45, 7) is -1.56. The van der Waals surface area contributed by atoms with Gasteiger partial charge in [0.15, 0.2) is 0 Å². The van der Waals surface area contributed by atoms with Gasteiger partial charge < -0.3 is 43.9 Å². The van der Waals surface area contributed by atoms with Crippen LogP contribution < -0.4 is 5.32 Å². The largest absolute Gasteiger partial charge is 2.00 e. The molecule has 0 aliphatic heterocycles. The molecule has 0 unspecified atom stereocenters. The van der Waals surface area contributed by atoms with Crippen molar-refractivity contribution in [1.82, 2.24) is 5.32 Å². The Morgan fingerprint density at radius 1 is 1.11 bits per heavy atom. The minimum Gasteiger partial charge on any atom is -1.00 e. The summed E-state index contributed by atoms with van der Waals surface area (Å²) in [5, 5.41) is 68.4. The quantitative estimate of drug-likeness (QED) is 0.235. The number of nitrogens with one attached hydrogen (secondary N) is 1. The third-order valence-corrected chi connectivity index (χ3v) is 3.37. The smallest absolute Gasteiger partial charge is 1.00 e. The van der Waals surface area contributed by atoms with Gasteiger partial charge in [0.1, 0.15) is 17.8 Å². The van der Waals surface area contributed by atoms with Gasteiger partial charge in [-0.3, -0.25) is 0 Å². The van der Waals surface area contributed by atoms with E-state index in [-0.39, 0.29) is 32.3 Å². The van der Waals surface area contributed by atoms with Crippen LogP contribution in [-0.2, 0) is 0 Å². The molecule has 0 amide bonds. The van der Waals surface area contributed by atoms with Crippen LogP contribution in [0.2, 0.25) is 0 Å². The molecule has 1 rings (SSSR count). The maximum absolute atomic E-state index is 9.93. The minimum atomic E-state index is -1.94. The molecule has 8 nitrogen and oxygen atoms in total. The molecule has 19 heavy (non-hydrogen) atoms. The van der Waals surface area contributed by atoms with Gasteiger partial charge in [-0.1, -0.05) is 0 Å². The van der Waals surface area contributed by atoms with Gasteiger partial charge in [-0.15, -0.1) is 0 Å². The molecule has 0 saturated heterocycles. The molecule has 1 aliphatic carbocycles. The fraction of sp³-hybridized carbons (Fsp3) is 1.00. The molecule has 1 aliphatic rings. The van der Waals surface area contributed by atoms with Crippen molar-refractivity contribution in [2.45, 2.75) is 42.4 Å². The van der Waals surface area contributed by atoms with Crippen LogP contribution in [0.1, 0.15) is 9.27 Å². The molecule has 0 heterocycles. The molecular weight excluding hydrogens is 270 g/mol. The number of rotatable bonds is 5. The van der Waals surface area contributed by atoms with Crippen molar-refractivity contribution in [3.8, 4) is 0 Å². The summed E-state index contributed by atoms with van der Waals surface area (Å²) in [5.74, 6) is 0. The monoisotopic (exact) mass is 293 g/mol. The second kappa shape index (κ2) is 8.03. The fourth-order valence-electron chi connectivity index (χ4n) is 2.15. The first-order valence-electron chi connectivity index (χ1n) is 5.74. The van der Waals surface area contributed by atoms with Crippen LogP contribution in [0.5, 0.6) is 0 Å².